The Bertz CT molecular complexity index is 730. The number of aromatic amines is 1. The van der Waals surface area contributed by atoms with E-state index < -0.39 is 60.6 Å². The Kier molecular flexibility index (Phi) is 10.2. The van der Waals surface area contributed by atoms with E-state index >= 15 is 0 Å². The molecule has 0 aliphatic rings. The van der Waals surface area contributed by atoms with Crippen molar-refractivity contribution in [3.05, 3.63) is 18.2 Å². The normalized spacial score (nSPS) is 15.9. The van der Waals surface area contributed by atoms with Crippen LogP contribution in [0.2, 0.25) is 0 Å². The molecular formula is C16H26N6O7S. The Morgan fingerprint density at radius 3 is 2.27 bits per heavy atom. The van der Waals surface area contributed by atoms with Gasteiger partial charge in [-0.1, -0.05) is 0 Å². The van der Waals surface area contributed by atoms with Crippen molar-refractivity contribution >= 4 is 36.3 Å². The minimum absolute atomic E-state index is 0.0763. The molecule has 0 fully saturated rings. The Morgan fingerprint density at radius 1 is 1.17 bits per heavy atom. The molecule has 0 radical (unpaired) electrons. The molecule has 0 aliphatic heterocycles. The minimum atomic E-state index is -1.48. The molecule has 14 heteroatoms. The highest BCUT2D eigenvalue weighted by Gasteiger charge is 2.32. The molecule has 0 bridgehead atoms. The van der Waals surface area contributed by atoms with E-state index in [4.69, 9.17) is 15.9 Å². The topological polar surface area (TPSA) is 220 Å². The summed E-state index contributed by atoms with van der Waals surface area (Å²) in [4.78, 5) is 54.8. The zero-order chi connectivity index (χ0) is 22.8. The molecular weight excluding hydrogens is 420 g/mol. The first-order chi connectivity index (χ1) is 14.1. The predicted octanol–water partition coefficient (Wildman–Crippen LogP) is -3.88. The number of aliphatic carboxylic acids is 1. The molecule has 5 atom stereocenters. The summed E-state index contributed by atoms with van der Waals surface area (Å²) in [5.74, 6) is -4.11. The second kappa shape index (κ2) is 12.1. The average molecular weight is 446 g/mol. The van der Waals surface area contributed by atoms with Crippen LogP contribution in [0.5, 0.6) is 0 Å². The number of thiol groups is 1. The molecule has 0 spiro atoms. The fraction of sp³-hybridized carbons (Fsp3) is 0.562. The number of aromatic nitrogens is 2. The molecule has 30 heavy (non-hydrogen) atoms. The Balaban J connectivity index is 2.99. The van der Waals surface area contributed by atoms with Crippen molar-refractivity contribution in [2.75, 3.05) is 12.4 Å². The molecule has 1 aromatic heterocycles. The van der Waals surface area contributed by atoms with E-state index in [1.54, 1.807) is 0 Å². The van der Waals surface area contributed by atoms with E-state index in [1.807, 2.05) is 0 Å². The van der Waals surface area contributed by atoms with Gasteiger partial charge in [0.1, 0.15) is 24.2 Å². The molecule has 168 valence electrons. The van der Waals surface area contributed by atoms with Gasteiger partial charge in [-0.15, -0.1) is 0 Å². The number of hydrogen-bond donors (Lipinski definition) is 9. The van der Waals surface area contributed by atoms with Crippen LogP contribution in [-0.4, -0.2) is 91.6 Å². The van der Waals surface area contributed by atoms with E-state index in [0.29, 0.717) is 5.69 Å². The van der Waals surface area contributed by atoms with E-state index in [0.717, 1.165) is 0 Å². The number of H-pyrrole nitrogens is 1. The van der Waals surface area contributed by atoms with Gasteiger partial charge in [0.25, 0.3) is 0 Å². The molecule has 0 aliphatic carbocycles. The monoisotopic (exact) mass is 446 g/mol. The van der Waals surface area contributed by atoms with Crippen LogP contribution >= 0.6 is 12.6 Å². The molecule has 0 saturated carbocycles. The van der Waals surface area contributed by atoms with Crippen LogP contribution in [0.1, 0.15) is 12.6 Å². The maximum atomic E-state index is 12.6. The van der Waals surface area contributed by atoms with Gasteiger partial charge in [-0.3, -0.25) is 14.4 Å². The molecule has 1 aromatic rings. The Labute approximate surface area is 177 Å². The first-order valence-corrected chi connectivity index (χ1v) is 9.50. The third kappa shape index (κ3) is 7.62. The summed E-state index contributed by atoms with van der Waals surface area (Å²) in [6.45, 7) is 0.561. The van der Waals surface area contributed by atoms with Crippen LogP contribution in [0.25, 0.3) is 0 Å². The number of rotatable bonds is 12. The largest absolute Gasteiger partial charge is 0.480 e. The fourth-order valence-electron chi connectivity index (χ4n) is 2.29. The number of carboxylic acids is 1. The van der Waals surface area contributed by atoms with Gasteiger partial charge in [-0.05, 0) is 6.92 Å². The summed E-state index contributed by atoms with van der Waals surface area (Å²) in [5.41, 5.74) is 5.86. The van der Waals surface area contributed by atoms with Crippen LogP contribution in [0, 0.1) is 0 Å². The summed E-state index contributed by atoms with van der Waals surface area (Å²) in [5, 5.41) is 34.7. The number of hydrogen-bond acceptors (Lipinski definition) is 9. The van der Waals surface area contributed by atoms with Crippen molar-refractivity contribution < 1.29 is 34.5 Å². The molecule has 0 saturated heterocycles. The molecule has 0 aromatic carbocycles. The van der Waals surface area contributed by atoms with Crippen LogP contribution < -0.4 is 21.7 Å². The summed E-state index contributed by atoms with van der Waals surface area (Å²) >= 11 is 3.87. The minimum Gasteiger partial charge on any atom is -0.480 e. The lowest BCUT2D eigenvalue weighted by Gasteiger charge is -2.26. The number of carbonyl (C=O) groups excluding carboxylic acids is 3. The van der Waals surface area contributed by atoms with Crippen LogP contribution in [-0.2, 0) is 25.6 Å². The van der Waals surface area contributed by atoms with Crippen LogP contribution in [0.15, 0.2) is 12.5 Å². The zero-order valence-corrected chi connectivity index (χ0v) is 17.0. The molecule has 9 N–H and O–H groups in total. The van der Waals surface area contributed by atoms with Gasteiger partial charge in [-0.25, -0.2) is 9.78 Å². The second-order valence-corrected chi connectivity index (χ2v) is 6.81. The van der Waals surface area contributed by atoms with Crippen molar-refractivity contribution in [2.45, 2.75) is 43.6 Å². The summed E-state index contributed by atoms with van der Waals surface area (Å²) in [7, 11) is 0. The van der Waals surface area contributed by atoms with Crippen molar-refractivity contribution in [3.63, 3.8) is 0 Å². The first-order valence-electron chi connectivity index (χ1n) is 8.87. The lowest BCUT2D eigenvalue weighted by Crippen LogP contribution is -2.60. The SMILES string of the molecule is CC(O)C(NC(=O)C(N)CO)C(=O)NC(Cc1cnc[nH]1)C(=O)NC(CS)C(=O)O. The quantitative estimate of drug-likeness (QED) is 0.143. The number of aliphatic hydroxyl groups excluding tert-OH is 2. The van der Waals surface area contributed by atoms with Crippen molar-refractivity contribution in [1.29, 1.82) is 0 Å². The van der Waals surface area contributed by atoms with Gasteiger partial charge in [0.15, 0.2) is 0 Å². The van der Waals surface area contributed by atoms with Gasteiger partial charge in [0, 0.05) is 24.1 Å². The van der Waals surface area contributed by atoms with E-state index in [-0.39, 0.29) is 12.2 Å². The number of carbonyl (C=O) groups is 4. The summed E-state index contributed by atoms with van der Waals surface area (Å²) in [6, 6.07) is -5.34. The number of nitrogens with zero attached hydrogens (tertiary/aromatic N) is 1. The van der Waals surface area contributed by atoms with Gasteiger partial charge in [-0.2, -0.15) is 12.6 Å². The Morgan fingerprint density at radius 2 is 1.80 bits per heavy atom. The van der Waals surface area contributed by atoms with Gasteiger partial charge >= 0.3 is 5.97 Å². The van der Waals surface area contributed by atoms with E-state index in [9.17, 15) is 24.3 Å². The lowest BCUT2D eigenvalue weighted by atomic mass is 10.1. The Hall–Kier alpha value is -2.68. The van der Waals surface area contributed by atoms with Crippen LogP contribution in [0.3, 0.4) is 0 Å². The summed E-state index contributed by atoms with van der Waals surface area (Å²) in [6.07, 6.45) is 1.33. The summed E-state index contributed by atoms with van der Waals surface area (Å²) < 4.78 is 0. The number of imidazole rings is 1. The molecule has 13 nitrogen and oxygen atoms in total. The maximum Gasteiger partial charge on any atom is 0.327 e. The van der Waals surface area contributed by atoms with E-state index in [1.165, 1.54) is 19.4 Å². The average Bonchev–Trinajstić information content (AvgIpc) is 3.20. The highest BCUT2D eigenvalue weighted by atomic mass is 32.1. The zero-order valence-electron chi connectivity index (χ0n) is 16.1. The van der Waals surface area contributed by atoms with Gasteiger partial charge < -0.3 is 42.0 Å². The number of nitrogens with two attached hydrogens (primary N) is 1. The fourth-order valence-corrected chi connectivity index (χ4v) is 2.54. The first kappa shape index (κ1) is 25.4. The predicted molar refractivity (Wildman–Crippen MR) is 106 cm³/mol. The molecule has 3 amide bonds. The van der Waals surface area contributed by atoms with Crippen molar-refractivity contribution in [2.24, 2.45) is 5.73 Å². The lowest BCUT2D eigenvalue weighted by molar-refractivity contribution is -0.141. The third-order valence-corrected chi connectivity index (χ3v) is 4.37. The maximum absolute atomic E-state index is 12.6. The second-order valence-electron chi connectivity index (χ2n) is 6.44. The van der Waals surface area contributed by atoms with Crippen LogP contribution in [0.4, 0.5) is 0 Å². The third-order valence-electron chi connectivity index (χ3n) is 4.01. The van der Waals surface area contributed by atoms with Crippen molar-refractivity contribution in [1.82, 2.24) is 25.9 Å². The highest BCUT2D eigenvalue weighted by Crippen LogP contribution is 2.03. The molecule has 5 unspecified atom stereocenters. The highest BCUT2D eigenvalue weighted by molar-refractivity contribution is 7.80. The molecule has 1 rings (SSSR count). The van der Waals surface area contributed by atoms with Gasteiger partial charge in [0.05, 0.1) is 19.0 Å². The number of amides is 3. The standard InChI is InChI=1S/C16H26N6O7S/c1-7(24)12(22-13(25)9(17)4-23)15(27)20-10(2-8-3-18-6-19-8)14(26)21-11(5-30)16(28)29/h3,6-7,9-12,23-24,30H,2,4-5,17H2,1H3,(H,18,19)(H,20,27)(H,21,26)(H,22,25)(H,28,29). The van der Waals surface area contributed by atoms with Crippen molar-refractivity contribution in [3.8, 4) is 0 Å². The number of aliphatic hydroxyl groups is 2. The number of nitrogens with one attached hydrogen (secondary N) is 4. The van der Waals surface area contributed by atoms with Gasteiger partial charge in [0.2, 0.25) is 17.7 Å². The van der Waals surface area contributed by atoms with E-state index in [2.05, 4.69) is 38.5 Å². The number of carboxylic acid groups (broad SMARTS) is 1. The smallest absolute Gasteiger partial charge is 0.327 e. The molecule has 1 heterocycles.